The molecule has 0 spiro atoms. The molecule has 2 rings (SSSR count). The van der Waals surface area contributed by atoms with Crippen LogP contribution in [0.4, 0.5) is 0 Å². The first-order valence-corrected chi connectivity index (χ1v) is 7.65. The first-order chi connectivity index (χ1) is 8.76. The van der Waals surface area contributed by atoms with Gasteiger partial charge in [0.25, 0.3) is 5.91 Å². The van der Waals surface area contributed by atoms with Crippen molar-refractivity contribution in [1.82, 2.24) is 9.69 Å². The zero-order valence-electron chi connectivity index (χ0n) is 10.4. The Morgan fingerprint density at radius 3 is 2.89 bits per heavy atom. The monoisotopic (exact) mass is 288 g/mol. The summed E-state index contributed by atoms with van der Waals surface area (Å²) in [6.07, 6.45) is 2.17. The number of hydrogen-bond acceptors (Lipinski definition) is 6. The summed E-state index contributed by atoms with van der Waals surface area (Å²) in [5, 5.41) is 3.51. The first kappa shape index (κ1) is 13.5. The van der Waals surface area contributed by atoms with Gasteiger partial charge in [0.05, 0.1) is 14.2 Å². The molecule has 0 aliphatic carbocycles. The van der Waals surface area contributed by atoms with Gasteiger partial charge in [0, 0.05) is 23.3 Å². The van der Waals surface area contributed by atoms with E-state index >= 15 is 0 Å². The van der Waals surface area contributed by atoms with Gasteiger partial charge >= 0.3 is 0 Å². The van der Waals surface area contributed by atoms with E-state index in [1.54, 1.807) is 0 Å². The largest absolute Gasteiger partial charge is 0.485 e. The highest BCUT2D eigenvalue weighted by molar-refractivity contribution is 7.99. The molecule has 0 bridgehead atoms. The molecule has 1 aliphatic rings. The van der Waals surface area contributed by atoms with Crippen molar-refractivity contribution in [3.63, 3.8) is 0 Å². The summed E-state index contributed by atoms with van der Waals surface area (Å²) < 4.78 is 14.3. The van der Waals surface area contributed by atoms with E-state index in [4.69, 9.17) is 9.47 Å². The van der Waals surface area contributed by atoms with Gasteiger partial charge in [-0.2, -0.15) is 16.1 Å². The number of methoxy groups -OCH3 is 2. The maximum atomic E-state index is 12.2. The van der Waals surface area contributed by atoms with Crippen molar-refractivity contribution in [1.29, 1.82) is 0 Å². The molecule has 0 radical (unpaired) electrons. The summed E-state index contributed by atoms with van der Waals surface area (Å²) in [6.45, 7) is 0. The molecule has 1 aromatic rings. The molecule has 1 fully saturated rings. The van der Waals surface area contributed by atoms with Crippen molar-refractivity contribution in [2.75, 3.05) is 25.7 Å². The van der Waals surface area contributed by atoms with Crippen LogP contribution in [0.25, 0.3) is 0 Å². The summed E-state index contributed by atoms with van der Waals surface area (Å²) in [6, 6.07) is 0.227. The molecular weight excluding hydrogens is 272 g/mol. The number of rotatable bonds is 4. The summed E-state index contributed by atoms with van der Waals surface area (Å²) in [5.41, 5.74) is 0.403. The Kier molecular flexibility index (Phi) is 4.71. The maximum Gasteiger partial charge on any atom is 0.261 e. The normalized spacial score (nSPS) is 19.3. The molecule has 1 N–H and O–H groups in total. The minimum Gasteiger partial charge on any atom is -0.485 e. The number of carbonyl (C=O) groups excluding carboxylic acids is 1. The van der Waals surface area contributed by atoms with E-state index in [2.05, 4.69) is 9.69 Å². The summed E-state index contributed by atoms with van der Waals surface area (Å²) in [7, 11) is 3.03. The number of aromatic nitrogens is 1. The van der Waals surface area contributed by atoms with Crippen LogP contribution in [0, 0.1) is 0 Å². The minimum absolute atomic E-state index is 0.162. The minimum atomic E-state index is -0.162. The second-order valence-corrected chi connectivity index (χ2v) is 5.83. The van der Waals surface area contributed by atoms with Gasteiger partial charge in [-0.05, 0) is 18.6 Å². The highest BCUT2D eigenvalue weighted by atomic mass is 32.2. The predicted molar refractivity (Wildman–Crippen MR) is 73.0 cm³/mol. The third-order valence-corrected chi connectivity index (χ3v) is 4.74. The Labute approximate surface area is 114 Å². The fourth-order valence-electron chi connectivity index (χ4n) is 1.84. The summed E-state index contributed by atoms with van der Waals surface area (Å²) in [5.74, 6) is 2.32. The lowest BCUT2D eigenvalue weighted by atomic mass is 10.1. The molecule has 100 valence electrons. The second kappa shape index (κ2) is 6.29. The Bertz CT molecular complexity index is 395. The molecule has 2 heterocycles. The molecule has 1 saturated heterocycles. The number of amides is 1. The van der Waals surface area contributed by atoms with Crippen molar-refractivity contribution < 1.29 is 14.3 Å². The zero-order valence-corrected chi connectivity index (χ0v) is 12.0. The molecule has 0 saturated carbocycles. The molecule has 1 aliphatic heterocycles. The van der Waals surface area contributed by atoms with Gasteiger partial charge in [0.15, 0.2) is 5.56 Å². The number of ether oxygens (including phenoxy) is 2. The molecule has 1 atom stereocenters. The Hall–Kier alpha value is -0.950. The lowest BCUT2D eigenvalue weighted by molar-refractivity contribution is 0.0933. The van der Waals surface area contributed by atoms with Crippen molar-refractivity contribution in [3.8, 4) is 10.9 Å². The average Bonchev–Trinajstić information content (AvgIpc) is 2.82. The Morgan fingerprint density at radius 2 is 2.28 bits per heavy atom. The van der Waals surface area contributed by atoms with Crippen LogP contribution in [0.15, 0.2) is 0 Å². The molecule has 0 aromatic carbocycles. The maximum absolute atomic E-state index is 12.2. The van der Waals surface area contributed by atoms with Crippen LogP contribution < -0.4 is 14.8 Å². The Morgan fingerprint density at radius 1 is 1.44 bits per heavy atom. The number of carbonyl (C=O) groups is 1. The van der Waals surface area contributed by atoms with Crippen molar-refractivity contribution >= 4 is 29.2 Å². The lowest BCUT2D eigenvalue weighted by Gasteiger charge is -2.22. The molecule has 1 unspecified atom stereocenters. The highest BCUT2D eigenvalue weighted by Gasteiger charge is 2.25. The standard InChI is InChI=1S/C11H16N2O3S2/c1-15-10-8(11(16-2)18-13-10)9(14)12-7-4-3-5-17-6-7/h7H,3-6H2,1-2H3,(H,12,14). The number of thioether (sulfide) groups is 1. The van der Waals surface area contributed by atoms with Gasteiger partial charge in [-0.1, -0.05) is 0 Å². The molecule has 18 heavy (non-hydrogen) atoms. The van der Waals surface area contributed by atoms with Crippen LogP contribution in [0.1, 0.15) is 23.2 Å². The number of nitrogens with zero attached hydrogens (tertiary/aromatic N) is 1. The van der Waals surface area contributed by atoms with E-state index in [0.29, 0.717) is 16.5 Å². The van der Waals surface area contributed by atoms with Gasteiger partial charge < -0.3 is 14.8 Å². The van der Waals surface area contributed by atoms with Crippen LogP contribution in [-0.2, 0) is 0 Å². The van der Waals surface area contributed by atoms with Gasteiger partial charge in [0.2, 0.25) is 10.9 Å². The third kappa shape index (κ3) is 2.89. The molecule has 1 amide bonds. The molecular formula is C11H16N2O3S2. The van der Waals surface area contributed by atoms with E-state index in [1.807, 2.05) is 11.8 Å². The van der Waals surface area contributed by atoms with Gasteiger partial charge in [-0.15, -0.1) is 0 Å². The molecule has 5 nitrogen and oxygen atoms in total. The van der Waals surface area contributed by atoms with Crippen LogP contribution in [0.5, 0.6) is 10.9 Å². The van der Waals surface area contributed by atoms with E-state index in [1.165, 1.54) is 20.0 Å². The van der Waals surface area contributed by atoms with Crippen molar-refractivity contribution in [2.24, 2.45) is 0 Å². The summed E-state index contributed by atoms with van der Waals surface area (Å²) in [4.78, 5) is 12.2. The van der Waals surface area contributed by atoms with Crippen LogP contribution in [0.2, 0.25) is 0 Å². The number of nitrogens with one attached hydrogen (secondary N) is 1. The van der Waals surface area contributed by atoms with Gasteiger partial charge in [-0.25, -0.2) is 0 Å². The zero-order chi connectivity index (χ0) is 13.0. The van der Waals surface area contributed by atoms with Crippen molar-refractivity contribution in [3.05, 3.63) is 5.56 Å². The second-order valence-electron chi connectivity index (χ2n) is 3.95. The smallest absolute Gasteiger partial charge is 0.261 e. The molecule has 1 aromatic heterocycles. The lowest BCUT2D eigenvalue weighted by Crippen LogP contribution is -2.38. The van der Waals surface area contributed by atoms with E-state index < -0.39 is 0 Å². The fourth-order valence-corrected chi connectivity index (χ4v) is 3.59. The highest BCUT2D eigenvalue weighted by Crippen LogP contribution is 2.32. The van der Waals surface area contributed by atoms with Crippen molar-refractivity contribution in [2.45, 2.75) is 18.9 Å². The number of hydrogen-bond donors (Lipinski definition) is 1. The quantitative estimate of drug-likeness (QED) is 0.915. The topological polar surface area (TPSA) is 60.5 Å². The van der Waals surface area contributed by atoms with E-state index in [-0.39, 0.29) is 11.9 Å². The van der Waals surface area contributed by atoms with Crippen LogP contribution in [0.3, 0.4) is 0 Å². The third-order valence-electron chi connectivity index (χ3n) is 2.73. The Balaban J connectivity index is 2.09. The van der Waals surface area contributed by atoms with Crippen LogP contribution in [-0.4, -0.2) is 42.0 Å². The van der Waals surface area contributed by atoms with E-state index in [0.717, 1.165) is 30.1 Å². The summed E-state index contributed by atoms with van der Waals surface area (Å²) >= 11 is 3.00. The fraction of sp³-hybridized carbons (Fsp3) is 0.636. The SMILES string of the molecule is COc1nsc(OC)c1C(=O)NC1CCCSC1. The first-order valence-electron chi connectivity index (χ1n) is 5.72. The van der Waals surface area contributed by atoms with Gasteiger partial charge in [-0.3, -0.25) is 4.79 Å². The average molecular weight is 288 g/mol. The molecule has 7 heteroatoms. The predicted octanol–water partition coefficient (Wildman–Crippen LogP) is 1.79. The van der Waals surface area contributed by atoms with E-state index in [9.17, 15) is 4.79 Å². The van der Waals surface area contributed by atoms with Gasteiger partial charge in [0.1, 0.15) is 0 Å². The van der Waals surface area contributed by atoms with Crippen LogP contribution >= 0.6 is 23.3 Å².